The Balaban J connectivity index is 1.78. The molecule has 0 saturated carbocycles. The quantitative estimate of drug-likeness (QED) is 0.807. The fourth-order valence-corrected chi connectivity index (χ4v) is 4.49. The maximum absolute atomic E-state index is 5.61. The molecule has 2 aliphatic heterocycles. The summed E-state index contributed by atoms with van der Waals surface area (Å²) in [6, 6.07) is 7.78. The molecule has 2 unspecified atom stereocenters. The minimum atomic E-state index is 0.566. The van der Waals surface area contributed by atoms with Crippen LogP contribution in [0.2, 0.25) is 0 Å². The van der Waals surface area contributed by atoms with Gasteiger partial charge in [-0.2, -0.15) is 0 Å². The number of nitrogens with one attached hydrogen (secondary N) is 1. The minimum Gasteiger partial charge on any atom is -0.331 e. The molecule has 2 aliphatic rings. The highest BCUT2D eigenvalue weighted by molar-refractivity contribution is 7.71. The second kappa shape index (κ2) is 4.71. The van der Waals surface area contributed by atoms with Gasteiger partial charge in [0, 0.05) is 18.6 Å². The van der Waals surface area contributed by atoms with E-state index in [9.17, 15) is 0 Å². The van der Waals surface area contributed by atoms with Gasteiger partial charge in [-0.25, -0.2) is 0 Å². The zero-order valence-corrected chi connectivity index (χ0v) is 12.7. The molecule has 0 spiro atoms. The Kier molecular flexibility index (Phi) is 2.97. The van der Waals surface area contributed by atoms with Crippen LogP contribution in [-0.2, 0) is 0 Å². The number of aryl methyl sites for hydroxylation is 1. The molecule has 3 nitrogen and oxygen atoms in total. The standard InChI is InChI=1S/C16H21N3S/c1-11-4-2-6-14-15(11)19(16(20)17-14)13-7-9-18-8-3-5-12(18)10-13/h2,4,6,12-13H,3,5,7-10H2,1H3,(H,17,20). The third-order valence-electron chi connectivity index (χ3n) is 5.10. The first-order valence-corrected chi connectivity index (χ1v) is 8.09. The average Bonchev–Trinajstić information content (AvgIpc) is 3.01. The lowest BCUT2D eigenvalue weighted by Crippen LogP contribution is -2.38. The van der Waals surface area contributed by atoms with Crippen LogP contribution >= 0.6 is 12.2 Å². The first kappa shape index (κ1) is 12.6. The summed E-state index contributed by atoms with van der Waals surface area (Å²) in [4.78, 5) is 6.06. The highest BCUT2D eigenvalue weighted by atomic mass is 32.1. The van der Waals surface area contributed by atoms with Crippen molar-refractivity contribution in [2.75, 3.05) is 13.1 Å². The number of H-pyrrole nitrogens is 1. The molecular weight excluding hydrogens is 266 g/mol. The van der Waals surface area contributed by atoms with Crippen molar-refractivity contribution in [1.82, 2.24) is 14.5 Å². The summed E-state index contributed by atoms with van der Waals surface area (Å²) in [7, 11) is 0. The van der Waals surface area contributed by atoms with E-state index in [-0.39, 0.29) is 0 Å². The number of fused-ring (bicyclic) bond motifs is 2. The second-order valence-electron chi connectivity index (χ2n) is 6.28. The number of para-hydroxylation sites is 1. The van der Waals surface area contributed by atoms with Crippen LogP contribution in [0.5, 0.6) is 0 Å². The summed E-state index contributed by atoms with van der Waals surface area (Å²) in [6.45, 7) is 4.72. The minimum absolute atomic E-state index is 0.566. The SMILES string of the molecule is Cc1cccc2[nH]c(=S)n(C3CCN4CCCC4C3)c12. The van der Waals surface area contributed by atoms with Gasteiger partial charge >= 0.3 is 0 Å². The molecule has 0 radical (unpaired) electrons. The Bertz CT molecular complexity index is 699. The molecule has 1 aromatic carbocycles. The number of imidazole rings is 1. The number of hydrogen-bond donors (Lipinski definition) is 1. The molecule has 2 saturated heterocycles. The Hall–Kier alpha value is -1.13. The van der Waals surface area contributed by atoms with E-state index in [4.69, 9.17) is 12.2 Å². The van der Waals surface area contributed by atoms with Crippen molar-refractivity contribution >= 4 is 23.3 Å². The van der Waals surface area contributed by atoms with Gasteiger partial charge < -0.3 is 14.5 Å². The van der Waals surface area contributed by atoms with Crippen molar-refractivity contribution in [2.24, 2.45) is 0 Å². The highest BCUT2D eigenvalue weighted by Crippen LogP contribution is 2.35. The molecule has 4 rings (SSSR count). The number of hydrogen-bond acceptors (Lipinski definition) is 2. The van der Waals surface area contributed by atoms with Crippen LogP contribution in [0.15, 0.2) is 18.2 Å². The Morgan fingerprint density at radius 1 is 1.20 bits per heavy atom. The zero-order valence-electron chi connectivity index (χ0n) is 11.9. The summed E-state index contributed by atoms with van der Waals surface area (Å²) < 4.78 is 3.29. The van der Waals surface area contributed by atoms with E-state index in [1.807, 2.05) is 0 Å². The average molecular weight is 287 g/mol. The van der Waals surface area contributed by atoms with Crippen LogP contribution in [0.4, 0.5) is 0 Å². The van der Waals surface area contributed by atoms with Crippen LogP contribution in [0.1, 0.15) is 37.3 Å². The molecule has 0 aliphatic carbocycles. The number of rotatable bonds is 1. The van der Waals surface area contributed by atoms with Gasteiger partial charge in [-0.15, -0.1) is 0 Å². The van der Waals surface area contributed by atoms with Crippen molar-refractivity contribution in [2.45, 2.75) is 44.7 Å². The highest BCUT2D eigenvalue weighted by Gasteiger charge is 2.33. The molecule has 0 amide bonds. The van der Waals surface area contributed by atoms with Gasteiger partial charge in [0.15, 0.2) is 4.77 Å². The molecule has 2 aromatic rings. The van der Waals surface area contributed by atoms with Gasteiger partial charge in [0.05, 0.1) is 11.0 Å². The monoisotopic (exact) mass is 287 g/mol. The van der Waals surface area contributed by atoms with Crippen molar-refractivity contribution in [1.29, 1.82) is 0 Å². The lowest BCUT2D eigenvalue weighted by molar-refractivity contribution is 0.156. The van der Waals surface area contributed by atoms with Gasteiger partial charge in [0.25, 0.3) is 0 Å². The van der Waals surface area contributed by atoms with Crippen LogP contribution in [0, 0.1) is 11.7 Å². The van der Waals surface area contributed by atoms with Gasteiger partial charge in [-0.1, -0.05) is 12.1 Å². The lowest BCUT2D eigenvalue weighted by Gasteiger charge is -2.35. The fourth-order valence-electron chi connectivity index (χ4n) is 4.14. The summed E-state index contributed by atoms with van der Waals surface area (Å²) in [6.07, 6.45) is 5.22. The predicted molar refractivity (Wildman–Crippen MR) is 84.7 cm³/mol. The molecule has 3 heterocycles. The van der Waals surface area contributed by atoms with E-state index >= 15 is 0 Å². The van der Waals surface area contributed by atoms with Gasteiger partial charge in [-0.05, 0) is 63.0 Å². The van der Waals surface area contributed by atoms with E-state index < -0.39 is 0 Å². The van der Waals surface area contributed by atoms with E-state index in [1.54, 1.807) is 0 Å². The van der Waals surface area contributed by atoms with E-state index in [2.05, 4.69) is 39.6 Å². The van der Waals surface area contributed by atoms with Crippen molar-refractivity contribution < 1.29 is 0 Å². The normalized spacial score (nSPS) is 27.1. The largest absolute Gasteiger partial charge is 0.331 e. The Labute approximate surface area is 124 Å². The number of aromatic nitrogens is 2. The number of piperidine rings is 1. The maximum atomic E-state index is 5.61. The van der Waals surface area contributed by atoms with Crippen LogP contribution < -0.4 is 0 Å². The molecule has 2 atom stereocenters. The first-order chi connectivity index (χ1) is 9.74. The van der Waals surface area contributed by atoms with E-state index in [0.29, 0.717) is 6.04 Å². The molecule has 4 heteroatoms. The van der Waals surface area contributed by atoms with Gasteiger partial charge in [-0.3, -0.25) is 0 Å². The molecule has 20 heavy (non-hydrogen) atoms. The van der Waals surface area contributed by atoms with Crippen LogP contribution in [0.3, 0.4) is 0 Å². The number of benzene rings is 1. The smallest absolute Gasteiger partial charge is 0.178 e. The molecule has 2 fully saturated rings. The molecule has 1 aromatic heterocycles. The summed E-state index contributed by atoms with van der Waals surface area (Å²) in [5, 5.41) is 0. The molecule has 106 valence electrons. The van der Waals surface area contributed by atoms with Crippen molar-refractivity contribution in [3.8, 4) is 0 Å². The molecular formula is C16H21N3S. The summed E-state index contributed by atoms with van der Waals surface area (Å²) in [5.74, 6) is 0. The summed E-state index contributed by atoms with van der Waals surface area (Å²) in [5.41, 5.74) is 3.82. The van der Waals surface area contributed by atoms with Crippen LogP contribution in [-0.4, -0.2) is 33.6 Å². The number of aromatic amines is 1. The Morgan fingerprint density at radius 3 is 3.00 bits per heavy atom. The van der Waals surface area contributed by atoms with Gasteiger partial charge in [0.2, 0.25) is 0 Å². The third kappa shape index (κ3) is 1.85. The molecule has 1 N–H and O–H groups in total. The topological polar surface area (TPSA) is 24.0 Å². The maximum Gasteiger partial charge on any atom is 0.178 e. The first-order valence-electron chi connectivity index (χ1n) is 7.68. The lowest BCUT2D eigenvalue weighted by atomic mass is 9.97. The fraction of sp³-hybridized carbons (Fsp3) is 0.562. The van der Waals surface area contributed by atoms with Crippen molar-refractivity contribution in [3.63, 3.8) is 0 Å². The third-order valence-corrected chi connectivity index (χ3v) is 5.40. The predicted octanol–water partition coefficient (Wildman–Crippen LogP) is 3.81. The zero-order chi connectivity index (χ0) is 13.7. The second-order valence-corrected chi connectivity index (χ2v) is 6.67. The van der Waals surface area contributed by atoms with E-state index in [0.717, 1.165) is 10.8 Å². The van der Waals surface area contributed by atoms with Crippen molar-refractivity contribution in [3.05, 3.63) is 28.5 Å². The number of nitrogens with zero attached hydrogens (tertiary/aromatic N) is 2. The van der Waals surface area contributed by atoms with E-state index in [1.165, 1.54) is 55.4 Å². The summed E-state index contributed by atoms with van der Waals surface area (Å²) >= 11 is 5.61. The Morgan fingerprint density at radius 2 is 2.10 bits per heavy atom. The molecule has 0 bridgehead atoms. The van der Waals surface area contributed by atoms with Gasteiger partial charge in [0.1, 0.15) is 0 Å². The van der Waals surface area contributed by atoms with Crippen LogP contribution in [0.25, 0.3) is 11.0 Å².